The van der Waals surface area contributed by atoms with Crippen molar-refractivity contribution in [3.63, 3.8) is 0 Å². The summed E-state index contributed by atoms with van der Waals surface area (Å²) in [7, 11) is 0. The summed E-state index contributed by atoms with van der Waals surface area (Å²) < 4.78 is 12.4. The number of rotatable bonds is 4. The van der Waals surface area contributed by atoms with E-state index in [1.807, 2.05) is 23.7 Å². The fraction of sp³-hybridized carbons (Fsp3) is 0.190. The first-order chi connectivity index (χ1) is 14.1. The molecule has 8 heteroatoms. The number of aryl methyl sites for hydroxylation is 2. The van der Waals surface area contributed by atoms with Gasteiger partial charge in [0.15, 0.2) is 11.5 Å². The number of furan rings is 1. The maximum Gasteiger partial charge on any atom is 0.279 e. The molecule has 1 aliphatic rings. The lowest BCUT2D eigenvalue weighted by Gasteiger charge is -2.12. The number of aromatic nitrogens is 3. The molecular weight excluding hydrogens is 388 g/mol. The van der Waals surface area contributed by atoms with Crippen LogP contribution in [0, 0.1) is 13.8 Å². The number of thioether (sulfide) groups is 1. The summed E-state index contributed by atoms with van der Waals surface area (Å²) in [5.41, 5.74) is 5.46. The quantitative estimate of drug-likeness (QED) is 0.527. The maximum atomic E-state index is 12.9. The van der Waals surface area contributed by atoms with Crippen LogP contribution < -0.4 is 5.32 Å². The summed E-state index contributed by atoms with van der Waals surface area (Å²) in [6.07, 6.45) is 1.54. The van der Waals surface area contributed by atoms with Crippen molar-refractivity contribution in [1.82, 2.24) is 14.9 Å². The van der Waals surface area contributed by atoms with Crippen LogP contribution in [-0.4, -0.2) is 20.8 Å². The van der Waals surface area contributed by atoms with Crippen LogP contribution in [0.1, 0.15) is 32.9 Å². The third-order valence-electron chi connectivity index (χ3n) is 4.87. The molecule has 5 rings (SSSR count). The molecule has 0 fully saturated rings. The third-order valence-corrected chi connectivity index (χ3v) is 5.84. The molecule has 1 amide bonds. The van der Waals surface area contributed by atoms with E-state index in [0.29, 0.717) is 17.3 Å². The molecular formula is C21H18N4O3S. The molecule has 29 heavy (non-hydrogen) atoms. The Bertz CT molecular complexity index is 1210. The molecule has 0 unspecified atom stereocenters. The van der Waals surface area contributed by atoms with E-state index < -0.39 is 0 Å². The molecule has 1 N–H and O–H groups in total. The summed E-state index contributed by atoms with van der Waals surface area (Å²) in [5, 5.41) is 11.7. The van der Waals surface area contributed by atoms with Gasteiger partial charge in [-0.25, -0.2) is 4.68 Å². The lowest BCUT2D eigenvalue weighted by molar-refractivity contribution is 0.101. The fourth-order valence-electron chi connectivity index (χ4n) is 3.45. The van der Waals surface area contributed by atoms with Crippen LogP contribution in [-0.2, 0) is 11.5 Å². The predicted octanol–water partition coefficient (Wildman–Crippen LogP) is 4.74. The topological polar surface area (TPSA) is 86.1 Å². The van der Waals surface area contributed by atoms with Gasteiger partial charge < -0.3 is 14.3 Å². The van der Waals surface area contributed by atoms with Gasteiger partial charge in [0.1, 0.15) is 5.82 Å². The lowest BCUT2D eigenvalue weighted by Crippen LogP contribution is -2.17. The van der Waals surface area contributed by atoms with Gasteiger partial charge >= 0.3 is 0 Å². The molecule has 0 saturated heterocycles. The summed E-state index contributed by atoms with van der Waals surface area (Å²) in [6, 6.07) is 11.3. The second kappa shape index (κ2) is 6.97. The Morgan fingerprint density at radius 1 is 1.17 bits per heavy atom. The fourth-order valence-corrected chi connectivity index (χ4v) is 4.48. The lowest BCUT2D eigenvalue weighted by atomic mass is 10.1. The van der Waals surface area contributed by atoms with Crippen LogP contribution in [0.4, 0.5) is 5.82 Å². The van der Waals surface area contributed by atoms with Crippen LogP contribution in [0.3, 0.4) is 0 Å². The monoisotopic (exact) mass is 406 g/mol. The Labute approximate surface area is 171 Å². The van der Waals surface area contributed by atoms with E-state index in [0.717, 1.165) is 34.0 Å². The summed E-state index contributed by atoms with van der Waals surface area (Å²) in [4.78, 5) is 12.9. The SMILES string of the molecule is Cc1ccc(-n2nc3c(c2NC(=O)c2cc(-c4ccco4)on2)CSC3)c(C)c1. The number of nitrogens with zero attached hydrogens (tertiary/aromatic N) is 3. The highest BCUT2D eigenvalue weighted by molar-refractivity contribution is 7.98. The summed E-state index contributed by atoms with van der Waals surface area (Å²) in [5.74, 6) is 2.91. The van der Waals surface area contributed by atoms with Crippen LogP contribution in [0.2, 0.25) is 0 Å². The molecule has 4 heterocycles. The Morgan fingerprint density at radius 2 is 2.07 bits per heavy atom. The second-order valence-corrected chi connectivity index (χ2v) is 7.96. The van der Waals surface area contributed by atoms with Gasteiger partial charge in [-0.05, 0) is 37.6 Å². The molecule has 3 aromatic heterocycles. The standard InChI is InChI=1S/C21H18N4O3S/c1-12-5-6-17(13(2)8-12)25-20(14-10-29-11-16(14)23-25)22-21(26)15-9-19(28-24-15)18-4-3-7-27-18/h3-9H,10-11H2,1-2H3,(H,22,26). The molecule has 1 aromatic carbocycles. The number of hydrogen-bond acceptors (Lipinski definition) is 6. The highest BCUT2D eigenvalue weighted by Crippen LogP contribution is 2.37. The average Bonchev–Trinajstić information content (AvgIpc) is 3.47. The van der Waals surface area contributed by atoms with Crippen molar-refractivity contribution in [1.29, 1.82) is 0 Å². The van der Waals surface area contributed by atoms with Crippen LogP contribution in [0.15, 0.2) is 51.6 Å². The normalized spacial score (nSPS) is 12.9. The van der Waals surface area contributed by atoms with E-state index in [-0.39, 0.29) is 11.6 Å². The Morgan fingerprint density at radius 3 is 2.86 bits per heavy atom. The smallest absolute Gasteiger partial charge is 0.279 e. The van der Waals surface area contributed by atoms with Gasteiger partial charge in [-0.15, -0.1) is 0 Å². The number of hydrogen-bond donors (Lipinski definition) is 1. The largest absolute Gasteiger partial charge is 0.461 e. The molecule has 0 bridgehead atoms. The first kappa shape index (κ1) is 17.8. The van der Waals surface area contributed by atoms with Crippen molar-refractivity contribution in [3.8, 4) is 17.2 Å². The highest BCUT2D eigenvalue weighted by atomic mass is 32.2. The number of fused-ring (bicyclic) bond motifs is 1. The maximum absolute atomic E-state index is 12.9. The van der Waals surface area contributed by atoms with Gasteiger partial charge in [-0.2, -0.15) is 16.9 Å². The molecule has 7 nitrogen and oxygen atoms in total. The number of anilines is 1. The summed E-state index contributed by atoms with van der Waals surface area (Å²) >= 11 is 1.79. The van der Waals surface area contributed by atoms with Gasteiger partial charge in [-0.3, -0.25) is 4.79 Å². The molecule has 4 aromatic rings. The number of carbonyl (C=O) groups is 1. The van der Waals surface area contributed by atoms with E-state index >= 15 is 0 Å². The zero-order valence-electron chi connectivity index (χ0n) is 15.9. The van der Waals surface area contributed by atoms with Crippen LogP contribution in [0.5, 0.6) is 0 Å². The first-order valence-corrected chi connectivity index (χ1v) is 10.3. The van der Waals surface area contributed by atoms with Crippen molar-refractivity contribution in [3.05, 3.63) is 70.7 Å². The Kier molecular flexibility index (Phi) is 4.28. The van der Waals surface area contributed by atoms with E-state index in [4.69, 9.17) is 14.0 Å². The molecule has 0 spiro atoms. The first-order valence-electron chi connectivity index (χ1n) is 9.18. The van der Waals surface area contributed by atoms with E-state index in [1.165, 1.54) is 5.56 Å². The number of carbonyl (C=O) groups excluding carboxylic acids is 1. The third kappa shape index (κ3) is 3.15. The molecule has 0 aliphatic carbocycles. The molecule has 0 radical (unpaired) electrons. The molecule has 0 saturated carbocycles. The minimum Gasteiger partial charge on any atom is -0.461 e. The zero-order chi connectivity index (χ0) is 20.0. The number of nitrogens with one attached hydrogen (secondary N) is 1. The van der Waals surface area contributed by atoms with Gasteiger partial charge in [0.2, 0.25) is 5.76 Å². The predicted molar refractivity (Wildman–Crippen MR) is 110 cm³/mol. The second-order valence-electron chi connectivity index (χ2n) is 6.98. The van der Waals surface area contributed by atoms with E-state index in [9.17, 15) is 4.79 Å². The van der Waals surface area contributed by atoms with Crippen molar-refractivity contribution < 1.29 is 13.7 Å². The Hall–Kier alpha value is -3.26. The Balaban J connectivity index is 1.50. The summed E-state index contributed by atoms with van der Waals surface area (Å²) in [6.45, 7) is 4.10. The number of benzene rings is 1. The van der Waals surface area contributed by atoms with Gasteiger partial charge in [0, 0.05) is 23.1 Å². The number of amides is 1. The molecule has 146 valence electrons. The van der Waals surface area contributed by atoms with Crippen molar-refractivity contribution in [2.24, 2.45) is 0 Å². The van der Waals surface area contributed by atoms with E-state index in [1.54, 1.807) is 36.2 Å². The van der Waals surface area contributed by atoms with Crippen LogP contribution in [0.25, 0.3) is 17.2 Å². The highest BCUT2D eigenvalue weighted by Gasteiger charge is 2.26. The van der Waals surface area contributed by atoms with Crippen molar-refractivity contribution >= 4 is 23.5 Å². The molecule has 0 atom stereocenters. The average molecular weight is 406 g/mol. The van der Waals surface area contributed by atoms with Crippen molar-refractivity contribution in [2.45, 2.75) is 25.4 Å². The van der Waals surface area contributed by atoms with E-state index in [2.05, 4.69) is 23.5 Å². The van der Waals surface area contributed by atoms with Crippen LogP contribution >= 0.6 is 11.8 Å². The van der Waals surface area contributed by atoms with Gasteiger partial charge in [0.25, 0.3) is 5.91 Å². The minimum atomic E-state index is -0.350. The van der Waals surface area contributed by atoms with Gasteiger partial charge in [0.05, 0.1) is 17.6 Å². The molecule has 1 aliphatic heterocycles. The van der Waals surface area contributed by atoms with Crippen molar-refractivity contribution in [2.75, 3.05) is 5.32 Å². The minimum absolute atomic E-state index is 0.184. The van der Waals surface area contributed by atoms with Gasteiger partial charge in [-0.1, -0.05) is 22.9 Å². The zero-order valence-corrected chi connectivity index (χ0v) is 16.7.